The van der Waals surface area contributed by atoms with Gasteiger partial charge < -0.3 is 26.4 Å². The predicted molar refractivity (Wildman–Crippen MR) is 90.4 cm³/mol. The molecule has 4 atom stereocenters. The van der Waals surface area contributed by atoms with Gasteiger partial charge in [0.15, 0.2) is 0 Å². The molecule has 0 spiro atoms. The Labute approximate surface area is 147 Å². The molecule has 1 aliphatic rings. The van der Waals surface area contributed by atoms with Crippen LogP contribution in [0.3, 0.4) is 0 Å². The van der Waals surface area contributed by atoms with E-state index in [0.717, 1.165) is 0 Å². The maximum absolute atomic E-state index is 12.8. The number of rotatable bonds is 8. The Hall–Kier alpha value is -2.16. The number of nitrogens with zero attached hydrogens (tertiary/aromatic N) is 1. The summed E-state index contributed by atoms with van der Waals surface area (Å²) in [6, 6.07) is -2.42. The van der Waals surface area contributed by atoms with Crippen LogP contribution in [-0.2, 0) is 19.2 Å². The van der Waals surface area contributed by atoms with Gasteiger partial charge in [-0.05, 0) is 25.7 Å². The van der Waals surface area contributed by atoms with Gasteiger partial charge in [-0.3, -0.25) is 14.4 Å². The molecule has 5 N–H and O–H groups in total. The van der Waals surface area contributed by atoms with Crippen LogP contribution in [0.2, 0.25) is 0 Å². The van der Waals surface area contributed by atoms with Gasteiger partial charge in [-0.2, -0.15) is 0 Å². The molecule has 0 bridgehead atoms. The molecular formula is C16H28N4O5. The first kappa shape index (κ1) is 20.9. The molecule has 0 aromatic rings. The molecule has 9 heteroatoms. The van der Waals surface area contributed by atoms with Crippen molar-refractivity contribution in [2.75, 3.05) is 13.1 Å². The van der Waals surface area contributed by atoms with E-state index in [0.29, 0.717) is 25.8 Å². The van der Waals surface area contributed by atoms with E-state index in [1.54, 1.807) is 0 Å². The molecule has 4 unspecified atom stereocenters. The second-order valence-electron chi connectivity index (χ2n) is 6.47. The van der Waals surface area contributed by atoms with Crippen molar-refractivity contribution in [1.29, 1.82) is 0 Å². The number of amides is 3. The number of carboxylic acids is 1. The van der Waals surface area contributed by atoms with Gasteiger partial charge in [0.25, 0.3) is 0 Å². The Morgan fingerprint density at radius 3 is 2.44 bits per heavy atom. The average molecular weight is 356 g/mol. The van der Waals surface area contributed by atoms with Crippen molar-refractivity contribution in [3.8, 4) is 0 Å². The van der Waals surface area contributed by atoms with Crippen molar-refractivity contribution in [2.24, 2.45) is 11.7 Å². The largest absolute Gasteiger partial charge is 0.480 e. The lowest BCUT2D eigenvalue weighted by Crippen LogP contribution is -2.55. The molecule has 25 heavy (non-hydrogen) atoms. The Morgan fingerprint density at radius 1 is 1.28 bits per heavy atom. The number of nitrogens with one attached hydrogen (secondary N) is 2. The molecule has 0 radical (unpaired) electrons. The predicted octanol–water partition coefficient (Wildman–Crippen LogP) is -0.944. The maximum atomic E-state index is 12.8. The molecular weight excluding hydrogens is 328 g/mol. The van der Waals surface area contributed by atoms with Crippen molar-refractivity contribution in [2.45, 2.75) is 58.2 Å². The van der Waals surface area contributed by atoms with Gasteiger partial charge in [0.05, 0.1) is 12.6 Å². The summed E-state index contributed by atoms with van der Waals surface area (Å²) in [4.78, 5) is 48.9. The molecule has 0 saturated carbocycles. The van der Waals surface area contributed by atoms with Gasteiger partial charge in [0.2, 0.25) is 17.7 Å². The molecule has 0 aromatic heterocycles. The van der Waals surface area contributed by atoms with Gasteiger partial charge in [0, 0.05) is 6.54 Å². The zero-order valence-corrected chi connectivity index (χ0v) is 14.9. The lowest BCUT2D eigenvalue weighted by atomic mass is 9.97. The van der Waals surface area contributed by atoms with Crippen molar-refractivity contribution < 1.29 is 24.3 Å². The van der Waals surface area contributed by atoms with Crippen LogP contribution in [0.15, 0.2) is 0 Å². The van der Waals surface area contributed by atoms with E-state index >= 15 is 0 Å². The molecule has 1 rings (SSSR count). The number of nitrogens with two attached hydrogens (primary N) is 1. The van der Waals surface area contributed by atoms with E-state index in [1.807, 2.05) is 13.8 Å². The molecule has 1 aliphatic heterocycles. The normalized spacial score (nSPS) is 20.5. The number of carboxylic acid groups (broad SMARTS) is 1. The number of carbonyl (C=O) groups excluding carboxylic acids is 3. The monoisotopic (exact) mass is 356 g/mol. The number of hydrogen-bond donors (Lipinski definition) is 4. The van der Waals surface area contributed by atoms with Crippen molar-refractivity contribution in [3.05, 3.63) is 0 Å². The van der Waals surface area contributed by atoms with Crippen LogP contribution in [0.5, 0.6) is 0 Å². The lowest BCUT2D eigenvalue weighted by molar-refractivity contribution is -0.150. The Balaban J connectivity index is 2.77. The highest BCUT2D eigenvalue weighted by molar-refractivity contribution is 5.92. The van der Waals surface area contributed by atoms with Crippen LogP contribution in [0.25, 0.3) is 0 Å². The number of carbonyl (C=O) groups is 4. The fourth-order valence-corrected chi connectivity index (χ4v) is 2.70. The highest BCUT2D eigenvalue weighted by Crippen LogP contribution is 2.21. The van der Waals surface area contributed by atoms with Crippen LogP contribution < -0.4 is 16.4 Å². The number of likely N-dealkylation sites (tertiary alicyclic amines) is 1. The summed E-state index contributed by atoms with van der Waals surface area (Å²) in [6.07, 6.45) is 1.66. The first-order chi connectivity index (χ1) is 11.7. The molecule has 0 aliphatic carbocycles. The summed E-state index contributed by atoms with van der Waals surface area (Å²) in [5.74, 6) is -2.59. The van der Waals surface area contributed by atoms with Crippen LogP contribution in [0, 0.1) is 5.92 Å². The van der Waals surface area contributed by atoms with E-state index in [4.69, 9.17) is 5.73 Å². The van der Waals surface area contributed by atoms with E-state index in [9.17, 15) is 24.3 Å². The summed E-state index contributed by atoms with van der Waals surface area (Å²) in [5.41, 5.74) is 5.41. The fraction of sp³-hybridized carbons (Fsp3) is 0.750. The molecule has 9 nitrogen and oxygen atoms in total. The molecule has 1 heterocycles. The number of hydrogen-bond acceptors (Lipinski definition) is 5. The molecule has 1 fully saturated rings. The van der Waals surface area contributed by atoms with E-state index in [2.05, 4.69) is 10.6 Å². The third kappa shape index (κ3) is 5.70. The Morgan fingerprint density at radius 2 is 1.92 bits per heavy atom. The van der Waals surface area contributed by atoms with Crippen LogP contribution >= 0.6 is 0 Å². The van der Waals surface area contributed by atoms with Gasteiger partial charge >= 0.3 is 5.97 Å². The molecule has 3 amide bonds. The third-order valence-electron chi connectivity index (χ3n) is 4.45. The highest BCUT2D eigenvalue weighted by Gasteiger charge is 2.39. The molecule has 1 saturated heterocycles. The standard InChI is InChI=1S/C16H28N4O5/c1-4-9(2)13(19-12(21)8-18-14(22)10(3)17)15(23)20-7-5-6-11(20)16(24)25/h9-11,13H,4-8,17H2,1-3H3,(H,18,22)(H,19,21)(H,24,25). The second kappa shape index (κ2) is 9.36. The zero-order chi connectivity index (χ0) is 19.1. The minimum atomic E-state index is -1.04. The van der Waals surface area contributed by atoms with Gasteiger partial charge in [-0.15, -0.1) is 0 Å². The van der Waals surface area contributed by atoms with E-state index in [1.165, 1.54) is 11.8 Å². The van der Waals surface area contributed by atoms with Gasteiger partial charge in [-0.25, -0.2) is 4.79 Å². The SMILES string of the molecule is CCC(C)C(NC(=O)CNC(=O)C(C)N)C(=O)N1CCCC1C(=O)O. The maximum Gasteiger partial charge on any atom is 0.326 e. The fourth-order valence-electron chi connectivity index (χ4n) is 2.70. The van der Waals surface area contributed by atoms with Crippen LogP contribution in [0.4, 0.5) is 0 Å². The summed E-state index contributed by atoms with van der Waals surface area (Å²) in [6.45, 7) is 5.27. The first-order valence-corrected chi connectivity index (χ1v) is 8.54. The molecule has 0 aromatic carbocycles. The minimum Gasteiger partial charge on any atom is -0.480 e. The first-order valence-electron chi connectivity index (χ1n) is 8.54. The zero-order valence-electron chi connectivity index (χ0n) is 14.9. The molecule has 142 valence electrons. The average Bonchev–Trinajstić information content (AvgIpc) is 3.05. The van der Waals surface area contributed by atoms with Crippen molar-refractivity contribution in [1.82, 2.24) is 15.5 Å². The number of aliphatic carboxylic acids is 1. The van der Waals surface area contributed by atoms with E-state index < -0.39 is 41.8 Å². The lowest BCUT2D eigenvalue weighted by Gasteiger charge is -2.30. The summed E-state index contributed by atoms with van der Waals surface area (Å²) >= 11 is 0. The van der Waals surface area contributed by atoms with E-state index in [-0.39, 0.29) is 12.5 Å². The minimum absolute atomic E-state index is 0.171. The Kier molecular flexibility index (Phi) is 7.82. The van der Waals surface area contributed by atoms with Crippen LogP contribution in [0.1, 0.15) is 40.0 Å². The van der Waals surface area contributed by atoms with Gasteiger partial charge in [-0.1, -0.05) is 20.3 Å². The second-order valence-corrected chi connectivity index (χ2v) is 6.47. The highest BCUT2D eigenvalue weighted by atomic mass is 16.4. The third-order valence-corrected chi connectivity index (χ3v) is 4.45. The topological polar surface area (TPSA) is 142 Å². The quantitative estimate of drug-likeness (QED) is 0.442. The van der Waals surface area contributed by atoms with Crippen molar-refractivity contribution in [3.63, 3.8) is 0 Å². The summed E-state index contributed by atoms with van der Waals surface area (Å²) < 4.78 is 0. The summed E-state index contributed by atoms with van der Waals surface area (Å²) in [5, 5.41) is 14.3. The summed E-state index contributed by atoms with van der Waals surface area (Å²) in [7, 11) is 0. The van der Waals surface area contributed by atoms with Crippen LogP contribution in [-0.4, -0.2) is 64.9 Å². The van der Waals surface area contributed by atoms with Crippen molar-refractivity contribution >= 4 is 23.7 Å². The Bertz CT molecular complexity index is 523. The smallest absolute Gasteiger partial charge is 0.326 e. The van der Waals surface area contributed by atoms with Gasteiger partial charge in [0.1, 0.15) is 12.1 Å².